The van der Waals surface area contributed by atoms with Gasteiger partial charge in [-0.1, -0.05) is 5.16 Å². The van der Waals surface area contributed by atoms with Gasteiger partial charge >= 0.3 is 6.09 Å². The lowest BCUT2D eigenvalue weighted by atomic mass is 9.71. The number of amides is 2. The summed E-state index contributed by atoms with van der Waals surface area (Å²) in [4.78, 5) is 33.9. The van der Waals surface area contributed by atoms with Crippen molar-refractivity contribution in [2.45, 2.75) is 45.6 Å². The summed E-state index contributed by atoms with van der Waals surface area (Å²) >= 11 is 0. The monoisotopic (exact) mass is 337 g/mol. The van der Waals surface area contributed by atoms with Crippen molar-refractivity contribution < 1.29 is 19.2 Å². The van der Waals surface area contributed by atoms with E-state index >= 15 is 0 Å². The molecule has 0 aromatic carbocycles. The highest BCUT2D eigenvalue weighted by atomic mass is 16.6. The first-order chi connectivity index (χ1) is 11.2. The van der Waals surface area contributed by atoms with Crippen LogP contribution in [0.25, 0.3) is 0 Å². The van der Waals surface area contributed by atoms with E-state index in [1.54, 1.807) is 9.80 Å². The summed E-state index contributed by atoms with van der Waals surface area (Å²) in [6, 6.07) is 0. The lowest BCUT2D eigenvalue weighted by molar-refractivity contribution is -0.143. The quantitative estimate of drug-likeness (QED) is 0.676. The van der Waals surface area contributed by atoms with Crippen LogP contribution in [0.2, 0.25) is 0 Å². The molecule has 1 atom stereocenters. The smallest absolute Gasteiger partial charge is 0.410 e. The Hall–Kier alpha value is -1.79. The molecule has 0 aromatic rings. The molecule has 134 valence electrons. The van der Waals surface area contributed by atoms with Gasteiger partial charge in [0, 0.05) is 26.1 Å². The average Bonchev–Trinajstić information content (AvgIpc) is 2.88. The fourth-order valence-electron chi connectivity index (χ4n) is 3.86. The van der Waals surface area contributed by atoms with Gasteiger partial charge in [-0.05, 0) is 40.0 Å². The number of nitrogens with zero attached hydrogens (tertiary/aromatic N) is 3. The molecule has 0 bridgehead atoms. The molecular formula is C17H27N3O4. The lowest BCUT2D eigenvalue weighted by Crippen LogP contribution is -2.51. The summed E-state index contributed by atoms with van der Waals surface area (Å²) in [6.07, 6.45) is 1.80. The van der Waals surface area contributed by atoms with Gasteiger partial charge in [-0.3, -0.25) is 4.79 Å². The van der Waals surface area contributed by atoms with Crippen LogP contribution in [0.4, 0.5) is 4.79 Å². The Kier molecular flexibility index (Phi) is 4.21. The number of ether oxygens (including phenoxy) is 1. The van der Waals surface area contributed by atoms with Gasteiger partial charge in [0.25, 0.3) is 0 Å². The van der Waals surface area contributed by atoms with Crippen LogP contribution in [0, 0.1) is 11.3 Å². The molecule has 0 saturated carbocycles. The summed E-state index contributed by atoms with van der Waals surface area (Å²) in [5, 5.41) is 4.10. The topological polar surface area (TPSA) is 71.4 Å². The van der Waals surface area contributed by atoms with Gasteiger partial charge in [0.1, 0.15) is 12.2 Å². The molecule has 7 heteroatoms. The number of carbonyl (C=O) groups excluding carboxylic acids is 2. The van der Waals surface area contributed by atoms with E-state index in [4.69, 9.17) is 9.57 Å². The third-order valence-corrected chi connectivity index (χ3v) is 5.14. The molecule has 7 nitrogen and oxygen atoms in total. The predicted molar refractivity (Wildman–Crippen MR) is 88.6 cm³/mol. The van der Waals surface area contributed by atoms with Gasteiger partial charge in [0.15, 0.2) is 0 Å². The zero-order valence-electron chi connectivity index (χ0n) is 15.0. The fourth-order valence-corrected chi connectivity index (χ4v) is 3.86. The van der Waals surface area contributed by atoms with Crippen molar-refractivity contribution in [3.63, 3.8) is 0 Å². The highest BCUT2D eigenvalue weighted by Crippen LogP contribution is 2.42. The number of hydrogen-bond donors (Lipinski definition) is 0. The minimum absolute atomic E-state index is 0.170. The van der Waals surface area contributed by atoms with Gasteiger partial charge in [0.2, 0.25) is 5.91 Å². The number of carbonyl (C=O) groups is 2. The molecule has 0 N–H and O–H groups in total. The summed E-state index contributed by atoms with van der Waals surface area (Å²) in [6.45, 7) is 7.79. The lowest BCUT2D eigenvalue weighted by Gasteiger charge is -2.42. The van der Waals surface area contributed by atoms with E-state index in [1.807, 2.05) is 27.8 Å². The molecule has 0 aromatic heterocycles. The molecule has 2 amide bonds. The second-order valence-electron chi connectivity index (χ2n) is 8.19. The third kappa shape index (κ3) is 3.21. The van der Waals surface area contributed by atoms with Crippen LogP contribution in [0.15, 0.2) is 5.16 Å². The van der Waals surface area contributed by atoms with Crippen molar-refractivity contribution in [1.82, 2.24) is 9.80 Å². The molecule has 3 aliphatic rings. The Bertz CT molecular complexity index is 559. The molecule has 2 saturated heterocycles. The molecule has 3 heterocycles. The molecule has 1 unspecified atom stereocenters. The summed E-state index contributed by atoms with van der Waals surface area (Å²) in [7, 11) is 1.83. The minimum Gasteiger partial charge on any atom is -0.444 e. The molecule has 1 spiro atoms. The first-order valence-corrected chi connectivity index (χ1v) is 8.62. The van der Waals surface area contributed by atoms with Crippen molar-refractivity contribution in [3.8, 4) is 0 Å². The minimum atomic E-state index is -0.503. The number of hydrogen-bond acceptors (Lipinski definition) is 5. The van der Waals surface area contributed by atoms with Gasteiger partial charge < -0.3 is 19.4 Å². The number of fused-ring (bicyclic) bond motifs is 1. The van der Waals surface area contributed by atoms with E-state index in [9.17, 15) is 9.59 Å². The maximum atomic E-state index is 13.0. The highest BCUT2D eigenvalue weighted by Gasteiger charge is 2.49. The average molecular weight is 337 g/mol. The zero-order valence-corrected chi connectivity index (χ0v) is 15.0. The SMILES string of the molecule is CN1CC2=NOCC2CC2(CCN(C(=O)OC(C)(C)C)CC2)C1=O. The molecule has 24 heavy (non-hydrogen) atoms. The Balaban J connectivity index is 1.70. The largest absolute Gasteiger partial charge is 0.444 e. The third-order valence-electron chi connectivity index (χ3n) is 5.14. The fraction of sp³-hybridized carbons (Fsp3) is 0.824. The van der Waals surface area contributed by atoms with Crippen LogP contribution < -0.4 is 0 Å². The Morgan fingerprint density at radius 1 is 1.33 bits per heavy atom. The van der Waals surface area contributed by atoms with Crippen LogP contribution in [-0.4, -0.2) is 66.4 Å². The molecule has 0 radical (unpaired) electrons. The van der Waals surface area contributed by atoms with Crippen LogP contribution in [0.1, 0.15) is 40.0 Å². The van der Waals surface area contributed by atoms with Gasteiger partial charge in [-0.25, -0.2) is 4.79 Å². The van der Waals surface area contributed by atoms with Gasteiger partial charge in [0.05, 0.1) is 17.7 Å². The van der Waals surface area contributed by atoms with Crippen molar-refractivity contribution >= 4 is 17.7 Å². The van der Waals surface area contributed by atoms with E-state index in [1.165, 1.54) is 0 Å². The highest BCUT2D eigenvalue weighted by molar-refractivity contribution is 5.96. The summed E-state index contributed by atoms with van der Waals surface area (Å²) < 4.78 is 5.45. The summed E-state index contributed by atoms with van der Waals surface area (Å²) in [5.41, 5.74) is 0.0531. The Morgan fingerprint density at radius 2 is 2.00 bits per heavy atom. The number of likely N-dealkylation sites (tertiary alicyclic amines) is 2. The molecule has 2 fully saturated rings. The Morgan fingerprint density at radius 3 is 2.62 bits per heavy atom. The summed E-state index contributed by atoms with van der Waals surface area (Å²) in [5.74, 6) is 0.385. The molecule has 0 aliphatic carbocycles. The predicted octanol–water partition coefficient (Wildman–Crippen LogP) is 1.87. The first kappa shape index (κ1) is 17.0. The molecular weight excluding hydrogens is 310 g/mol. The van der Waals surface area contributed by atoms with E-state index in [0.717, 1.165) is 12.1 Å². The first-order valence-electron chi connectivity index (χ1n) is 8.62. The number of rotatable bonds is 0. The van der Waals surface area contributed by atoms with Crippen LogP contribution in [-0.2, 0) is 14.4 Å². The maximum Gasteiger partial charge on any atom is 0.410 e. The van der Waals surface area contributed by atoms with Crippen molar-refractivity contribution in [3.05, 3.63) is 0 Å². The normalized spacial score (nSPS) is 26.6. The van der Waals surface area contributed by atoms with Crippen molar-refractivity contribution in [2.75, 3.05) is 33.3 Å². The standard InChI is InChI=1S/C17H27N3O4/c1-16(2,3)24-15(22)20-7-5-17(6-8-20)9-12-11-23-18-13(12)10-19(4)14(17)21/h12H,5-11H2,1-4H3. The van der Waals surface area contributed by atoms with Crippen molar-refractivity contribution in [1.29, 1.82) is 0 Å². The van der Waals surface area contributed by atoms with Crippen LogP contribution >= 0.6 is 0 Å². The van der Waals surface area contributed by atoms with E-state index in [-0.39, 0.29) is 17.9 Å². The maximum absolute atomic E-state index is 13.0. The second-order valence-corrected chi connectivity index (χ2v) is 8.19. The Labute approximate surface area is 142 Å². The van der Waals surface area contributed by atoms with Gasteiger partial charge in [-0.15, -0.1) is 0 Å². The number of piperidine rings is 1. The van der Waals surface area contributed by atoms with E-state index < -0.39 is 11.0 Å². The zero-order chi connectivity index (χ0) is 17.5. The number of oxime groups is 1. The van der Waals surface area contributed by atoms with Crippen LogP contribution in [0.3, 0.4) is 0 Å². The van der Waals surface area contributed by atoms with E-state index in [0.29, 0.717) is 39.1 Å². The van der Waals surface area contributed by atoms with Crippen LogP contribution in [0.5, 0.6) is 0 Å². The van der Waals surface area contributed by atoms with E-state index in [2.05, 4.69) is 5.16 Å². The van der Waals surface area contributed by atoms with Gasteiger partial charge in [-0.2, -0.15) is 0 Å². The molecule has 3 rings (SSSR count). The molecule has 3 aliphatic heterocycles. The van der Waals surface area contributed by atoms with Crippen molar-refractivity contribution in [2.24, 2.45) is 16.5 Å². The second kappa shape index (κ2) is 5.93.